The summed E-state index contributed by atoms with van der Waals surface area (Å²) in [6.45, 7) is 1.13. The minimum atomic E-state index is -3.47. The molecule has 1 fully saturated rings. The highest BCUT2D eigenvalue weighted by Gasteiger charge is 2.25. The summed E-state index contributed by atoms with van der Waals surface area (Å²) in [5.74, 6) is -0.186. The van der Waals surface area contributed by atoms with Crippen molar-refractivity contribution in [3.63, 3.8) is 0 Å². The van der Waals surface area contributed by atoms with Gasteiger partial charge in [-0.05, 0) is 54.8 Å². The number of hydrogen-bond acceptors (Lipinski definition) is 4. The average Bonchev–Trinajstić information content (AvgIpc) is 3.24. The summed E-state index contributed by atoms with van der Waals surface area (Å²) in [6, 6.07) is 16.0. The van der Waals surface area contributed by atoms with Gasteiger partial charge in [-0.2, -0.15) is 9.40 Å². The van der Waals surface area contributed by atoms with Crippen LogP contribution in [-0.2, 0) is 21.2 Å². The van der Waals surface area contributed by atoms with Crippen LogP contribution < -0.4 is 5.32 Å². The second kappa shape index (κ2) is 8.81. The molecule has 156 valence electrons. The number of hydrogen-bond donors (Lipinski definition) is 1. The van der Waals surface area contributed by atoms with E-state index in [1.54, 1.807) is 35.1 Å². The number of carbonyl (C=O) groups excluding carboxylic acids is 1. The van der Waals surface area contributed by atoms with Crippen molar-refractivity contribution in [3.05, 3.63) is 72.6 Å². The van der Waals surface area contributed by atoms with Gasteiger partial charge in [0.05, 0.1) is 23.2 Å². The molecule has 1 saturated heterocycles. The van der Waals surface area contributed by atoms with E-state index in [-0.39, 0.29) is 17.2 Å². The average molecular weight is 425 g/mol. The number of anilines is 1. The first-order valence-electron chi connectivity index (χ1n) is 10.0. The quantitative estimate of drug-likeness (QED) is 0.658. The summed E-state index contributed by atoms with van der Waals surface area (Å²) in [6.07, 6.45) is 6.54. The maximum atomic E-state index is 12.7. The second-order valence-electron chi connectivity index (χ2n) is 7.34. The molecular weight excluding hydrogens is 400 g/mol. The van der Waals surface area contributed by atoms with Crippen LogP contribution in [0.25, 0.3) is 5.69 Å². The van der Waals surface area contributed by atoms with Crippen molar-refractivity contribution in [1.82, 2.24) is 14.1 Å². The van der Waals surface area contributed by atoms with E-state index in [0.29, 0.717) is 18.8 Å². The molecule has 7 nitrogen and oxygen atoms in total. The molecule has 0 saturated carbocycles. The van der Waals surface area contributed by atoms with Gasteiger partial charge in [-0.25, -0.2) is 13.1 Å². The highest BCUT2D eigenvalue weighted by atomic mass is 32.2. The van der Waals surface area contributed by atoms with Gasteiger partial charge < -0.3 is 5.32 Å². The van der Waals surface area contributed by atoms with Crippen LogP contribution in [0.3, 0.4) is 0 Å². The third-order valence-electron chi connectivity index (χ3n) is 5.11. The number of benzene rings is 2. The number of nitrogens with one attached hydrogen (secondary N) is 1. The fraction of sp³-hybridized carbons (Fsp3) is 0.273. The van der Waals surface area contributed by atoms with E-state index in [4.69, 9.17) is 0 Å². The van der Waals surface area contributed by atoms with Gasteiger partial charge in [0.25, 0.3) is 0 Å². The van der Waals surface area contributed by atoms with Crippen molar-refractivity contribution in [2.45, 2.75) is 30.6 Å². The van der Waals surface area contributed by atoms with Gasteiger partial charge in [0, 0.05) is 25.0 Å². The summed E-state index contributed by atoms with van der Waals surface area (Å²) >= 11 is 0. The Hall–Kier alpha value is -2.97. The fourth-order valence-electron chi connectivity index (χ4n) is 3.53. The van der Waals surface area contributed by atoms with Gasteiger partial charge in [0.15, 0.2) is 0 Å². The molecule has 0 unspecified atom stereocenters. The van der Waals surface area contributed by atoms with Crippen LogP contribution in [0.2, 0.25) is 0 Å². The first kappa shape index (κ1) is 20.3. The van der Waals surface area contributed by atoms with Crippen LogP contribution in [-0.4, -0.2) is 41.5 Å². The van der Waals surface area contributed by atoms with Crippen LogP contribution in [0.4, 0.5) is 5.69 Å². The van der Waals surface area contributed by atoms with Gasteiger partial charge >= 0.3 is 0 Å². The Kier molecular flexibility index (Phi) is 5.96. The number of carbonyl (C=O) groups is 1. The van der Waals surface area contributed by atoms with Gasteiger partial charge in [0.2, 0.25) is 15.9 Å². The van der Waals surface area contributed by atoms with Crippen molar-refractivity contribution in [1.29, 1.82) is 0 Å². The maximum Gasteiger partial charge on any atom is 0.243 e. The lowest BCUT2D eigenvalue weighted by Gasteiger charge is -2.25. The Bertz CT molecular complexity index is 1100. The predicted octanol–water partition coefficient (Wildman–Crippen LogP) is 3.23. The smallest absolute Gasteiger partial charge is 0.243 e. The Labute approximate surface area is 176 Å². The third-order valence-corrected chi connectivity index (χ3v) is 7.03. The first-order valence-corrected chi connectivity index (χ1v) is 11.5. The number of aromatic nitrogens is 2. The van der Waals surface area contributed by atoms with E-state index in [2.05, 4.69) is 10.4 Å². The van der Waals surface area contributed by atoms with Crippen LogP contribution in [0.5, 0.6) is 0 Å². The molecule has 30 heavy (non-hydrogen) atoms. The van der Waals surface area contributed by atoms with Crippen molar-refractivity contribution in [2.75, 3.05) is 18.4 Å². The summed E-state index contributed by atoms with van der Waals surface area (Å²) in [7, 11) is -3.47. The Morgan fingerprint density at radius 3 is 2.37 bits per heavy atom. The van der Waals surface area contributed by atoms with E-state index >= 15 is 0 Å². The van der Waals surface area contributed by atoms with E-state index in [9.17, 15) is 13.2 Å². The molecule has 2 aromatic carbocycles. The highest BCUT2D eigenvalue weighted by molar-refractivity contribution is 7.89. The third kappa shape index (κ3) is 4.60. The molecule has 2 heterocycles. The molecule has 0 atom stereocenters. The zero-order valence-corrected chi connectivity index (χ0v) is 17.4. The van der Waals surface area contributed by atoms with Crippen molar-refractivity contribution < 1.29 is 13.2 Å². The summed E-state index contributed by atoms with van der Waals surface area (Å²) < 4.78 is 28.7. The van der Waals surface area contributed by atoms with Crippen molar-refractivity contribution in [2.24, 2.45) is 0 Å². The van der Waals surface area contributed by atoms with Crippen LogP contribution in [0.1, 0.15) is 24.8 Å². The van der Waals surface area contributed by atoms with Crippen LogP contribution >= 0.6 is 0 Å². The number of piperidine rings is 1. The molecule has 1 aliphatic heterocycles. The van der Waals surface area contributed by atoms with Gasteiger partial charge in [-0.1, -0.05) is 24.6 Å². The molecule has 0 bridgehead atoms. The van der Waals surface area contributed by atoms with Crippen molar-refractivity contribution >= 4 is 21.6 Å². The number of para-hydroxylation sites is 1. The van der Waals surface area contributed by atoms with Crippen molar-refractivity contribution in [3.8, 4) is 5.69 Å². The zero-order chi connectivity index (χ0) is 21.0. The molecule has 1 amide bonds. The molecule has 3 aromatic rings. The van der Waals surface area contributed by atoms with E-state index in [1.807, 2.05) is 36.5 Å². The zero-order valence-electron chi connectivity index (χ0n) is 16.6. The Morgan fingerprint density at radius 2 is 1.67 bits per heavy atom. The molecule has 1 aromatic heterocycles. The predicted molar refractivity (Wildman–Crippen MR) is 115 cm³/mol. The van der Waals surface area contributed by atoms with Crippen LogP contribution in [0.15, 0.2) is 71.9 Å². The molecule has 1 aliphatic rings. The summed E-state index contributed by atoms with van der Waals surface area (Å²) in [5.41, 5.74) is 2.28. The van der Waals surface area contributed by atoms with Gasteiger partial charge in [0.1, 0.15) is 0 Å². The molecule has 0 radical (unpaired) electrons. The van der Waals surface area contributed by atoms with Gasteiger partial charge in [-0.15, -0.1) is 0 Å². The second-order valence-corrected chi connectivity index (χ2v) is 9.28. The molecule has 1 N–H and O–H groups in total. The lowest BCUT2D eigenvalue weighted by molar-refractivity contribution is -0.115. The normalized spacial score (nSPS) is 15.1. The lowest BCUT2D eigenvalue weighted by atomic mass is 10.2. The molecule has 0 aliphatic carbocycles. The first-order chi connectivity index (χ1) is 14.5. The fourth-order valence-corrected chi connectivity index (χ4v) is 5.05. The Morgan fingerprint density at radius 1 is 0.967 bits per heavy atom. The number of amides is 1. The number of rotatable bonds is 6. The number of sulfonamides is 1. The van der Waals surface area contributed by atoms with Crippen LogP contribution in [0, 0.1) is 0 Å². The maximum absolute atomic E-state index is 12.7. The Balaban J connectivity index is 1.38. The van der Waals surface area contributed by atoms with E-state index in [1.165, 1.54) is 4.31 Å². The van der Waals surface area contributed by atoms with E-state index in [0.717, 1.165) is 30.5 Å². The summed E-state index contributed by atoms with van der Waals surface area (Å²) in [5, 5.41) is 7.11. The monoisotopic (exact) mass is 424 g/mol. The van der Waals surface area contributed by atoms with Gasteiger partial charge in [-0.3, -0.25) is 4.79 Å². The minimum absolute atomic E-state index is 0.181. The molecule has 8 heteroatoms. The standard InChI is InChI=1S/C22H24N4O3S/c27-22(15-18-16-23-26(17-18)20-7-3-1-4-8-20)24-19-9-11-21(12-10-19)30(28,29)25-13-5-2-6-14-25/h1,3-4,7-12,16-17H,2,5-6,13-15H2,(H,24,27). The highest BCUT2D eigenvalue weighted by Crippen LogP contribution is 2.22. The minimum Gasteiger partial charge on any atom is -0.326 e. The molecule has 4 rings (SSSR count). The summed E-state index contributed by atoms with van der Waals surface area (Å²) in [4.78, 5) is 12.6. The van der Waals surface area contributed by atoms with E-state index < -0.39 is 10.0 Å². The SMILES string of the molecule is O=C(Cc1cnn(-c2ccccc2)c1)Nc1ccc(S(=O)(=O)N2CCCCC2)cc1. The largest absolute Gasteiger partial charge is 0.326 e. The number of nitrogens with zero attached hydrogens (tertiary/aromatic N) is 3. The molecular formula is C22H24N4O3S. The molecule has 0 spiro atoms. The topological polar surface area (TPSA) is 84.3 Å². The lowest BCUT2D eigenvalue weighted by Crippen LogP contribution is -2.35.